The monoisotopic (exact) mass is 278 g/mol. The highest BCUT2D eigenvalue weighted by molar-refractivity contribution is 6.17. The van der Waals surface area contributed by atoms with Gasteiger partial charge in [0.1, 0.15) is 5.84 Å². The van der Waals surface area contributed by atoms with Gasteiger partial charge in [0.2, 0.25) is 0 Å². The van der Waals surface area contributed by atoms with Crippen molar-refractivity contribution in [2.24, 2.45) is 15.3 Å². The van der Waals surface area contributed by atoms with Crippen molar-refractivity contribution in [2.45, 2.75) is 0 Å². The third kappa shape index (κ3) is 2.58. The van der Waals surface area contributed by atoms with Crippen molar-refractivity contribution in [3.05, 3.63) is 70.6 Å². The molecule has 104 valence electrons. The van der Waals surface area contributed by atoms with Crippen LogP contribution in [0, 0.1) is 4.91 Å². The van der Waals surface area contributed by atoms with Crippen molar-refractivity contribution >= 4 is 17.2 Å². The molecule has 0 bridgehead atoms. The molecule has 2 aromatic carbocycles. The Morgan fingerprint density at radius 3 is 2.52 bits per heavy atom. The lowest BCUT2D eigenvalue weighted by molar-refractivity contribution is 0.529. The Morgan fingerprint density at radius 2 is 1.76 bits per heavy atom. The molecule has 0 fully saturated rings. The molecular formula is C16H14N4O. The fourth-order valence-electron chi connectivity index (χ4n) is 2.25. The summed E-state index contributed by atoms with van der Waals surface area (Å²) >= 11 is 0. The average molecular weight is 278 g/mol. The van der Waals surface area contributed by atoms with Gasteiger partial charge in [0, 0.05) is 18.2 Å². The summed E-state index contributed by atoms with van der Waals surface area (Å²) in [7, 11) is 1.58. The number of para-hydroxylation sites is 1. The van der Waals surface area contributed by atoms with Crippen LogP contribution in [-0.2, 0) is 0 Å². The predicted molar refractivity (Wildman–Crippen MR) is 84.0 cm³/mol. The van der Waals surface area contributed by atoms with Crippen LogP contribution >= 0.6 is 0 Å². The molecule has 0 spiro atoms. The van der Waals surface area contributed by atoms with E-state index in [2.05, 4.69) is 15.3 Å². The zero-order valence-electron chi connectivity index (χ0n) is 11.6. The topological polar surface area (TPSA) is 57.4 Å². The first-order valence-electron chi connectivity index (χ1n) is 6.63. The largest absolute Gasteiger partial charge is 0.276 e. The molecule has 0 radical (unpaired) electrons. The van der Waals surface area contributed by atoms with Gasteiger partial charge in [0.05, 0.1) is 23.2 Å². The number of nitrogens with zero attached hydrogens (tertiary/aromatic N) is 4. The number of amidine groups is 1. The van der Waals surface area contributed by atoms with Crippen LogP contribution in [0.2, 0.25) is 0 Å². The molecule has 0 aromatic heterocycles. The van der Waals surface area contributed by atoms with E-state index >= 15 is 0 Å². The van der Waals surface area contributed by atoms with Gasteiger partial charge in [-0.3, -0.25) is 4.99 Å². The second-order valence-corrected chi connectivity index (χ2v) is 4.68. The van der Waals surface area contributed by atoms with Crippen LogP contribution in [0.15, 0.2) is 69.9 Å². The Hall–Kier alpha value is -2.82. The van der Waals surface area contributed by atoms with Crippen LogP contribution in [0.5, 0.6) is 0 Å². The highest BCUT2D eigenvalue weighted by Crippen LogP contribution is 2.25. The summed E-state index contributed by atoms with van der Waals surface area (Å²) in [5.74, 6) is 0.531. The standard InChI is InChI=1S/C16H14N4O/c1-20(19-21)15-11-17-16(12-7-3-2-4-8-12)13-9-5-6-10-14(13)18-15/h2-10H,11H2,1H3. The van der Waals surface area contributed by atoms with Crippen molar-refractivity contribution in [3.8, 4) is 0 Å². The summed E-state index contributed by atoms with van der Waals surface area (Å²) in [5.41, 5.74) is 3.66. The fourth-order valence-corrected chi connectivity index (χ4v) is 2.25. The molecule has 21 heavy (non-hydrogen) atoms. The highest BCUT2D eigenvalue weighted by Gasteiger charge is 2.17. The average Bonchev–Trinajstić information content (AvgIpc) is 2.74. The van der Waals surface area contributed by atoms with Gasteiger partial charge < -0.3 is 0 Å². The quantitative estimate of drug-likeness (QED) is 0.625. The maximum absolute atomic E-state index is 10.7. The molecule has 0 saturated heterocycles. The minimum absolute atomic E-state index is 0.321. The summed E-state index contributed by atoms with van der Waals surface area (Å²) in [4.78, 5) is 19.9. The summed E-state index contributed by atoms with van der Waals surface area (Å²) in [6.07, 6.45) is 0. The van der Waals surface area contributed by atoms with Gasteiger partial charge in [-0.2, -0.15) is 0 Å². The molecule has 5 heteroatoms. The Morgan fingerprint density at radius 1 is 1.05 bits per heavy atom. The predicted octanol–water partition coefficient (Wildman–Crippen LogP) is 3.18. The molecular weight excluding hydrogens is 264 g/mol. The summed E-state index contributed by atoms with van der Waals surface area (Å²) < 4.78 is 0. The van der Waals surface area contributed by atoms with Crippen molar-refractivity contribution in [1.29, 1.82) is 0 Å². The molecule has 0 saturated carbocycles. The molecule has 0 amide bonds. The van der Waals surface area contributed by atoms with Gasteiger partial charge in [-0.05, 0) is 6.07 Å². The minimum atomic E-state index is 0.321. The third-order valence-electron chi connectivity index (χ3n) is 3.33. The highest BCUT2D eigenvalue weighted by atomic mass is 16.3. The Labute approximate surface area is 122 Å². The molecule has 3 rings (SSSR count). The molecule has 1 aliphatic rings. The molecule has 0 N–H and O–H groups in total. The first kappa shape index (κ1) is 13.2. The van der Waals surface area contributed by atoms with Gasteiger partial charge in [-0.25, -0.2) is 10.0 Å². The zero-order valence-corrected chi connectivity index (χ0v) is 11.6. The summed E-state index contributed by atoms with van der Waals surface area (Å²) in [6, 6.07) is 17.7. The van der Waals surface area contributed by atoms with Crippen molar-refractivity contribution in [2.75, 3.05) is 13.6 Å². The fraction of sp³-hybridized carbons (Fsp3) is 0.125. The SMILES string of the molecule is CN(N=O)C1=Nc2ccccc2C(c2ccccc2)=NC1. The molecule has 5 nitrogen and oxygen atoms in total. The molecule has 2 aromatic rings. The zero-order chi connectivity index (χ0) is 14.7. The van der Waals surface area contributed by atoms with E-state index in [4.69, 9.17) is 0 Å². The lowest BCUT2D eigenvalue weighted by Crippen LogP contribution is -2.23. The molecule has 0 unspecified atom stereocenters. The maximum Gasteiger partial charge on any atom is 0.150 e. The first-order chi connectivity index (χ1) is 10.3. The summed E-state index contributed by atoms with van der Waals surface area (Å²) in [6.45, 7) is 0.321. The number of likely N-dealkylation sites (N-methyl/N-ethyl adjacent to an activating group) is 1. The Balaban J connectivity index is 2.14. The van der Waals surface area contributed by atoms with Crippen LogP contribution in [0.4, 0.5) is 5.69 Å². The lowest BCUT2D eigenvalue weighted by Gasteiger charge is -2.08. The van der Waals surface area contributed by atoms with Gasteiger partial charge >= 0.3 is 0 Å². The second kappa shape index (κ2) is 5.66. The Kier molecular flexibility index (Phi) is 3.55. The number of rotatable bonds is 2. The molecule has 1 heterocycles. The molecule has 0 atom stereocenters. The van der Waals surface area contributed by atoms with Crippen LogP contribution in [0.1, 0.15) is 11.1 Å². The van der Waals surface area contributed by atoms with Gasteiger partial charge in [0.25, 0.3) is 0 Å². The number of aliphatic imine (C=N–C) groups is 2. The molecule has 0 aliphatic carbocycles. The number of hydrogen-bond acceptors (Lipinski definition) is 4. The maximum atomic E-state index is 10.7. The van der Waals surface area contributed by atoms with Crippen molar-refractivity contribution in [1.82, 2.24) is 5.01 Å². The van der Waals surface area contributed by atoms with Crippen LogP contribution < -0.4 is 0 Å². The van der Waals surface area contributed by atoms with E-state index in [9.17, 15) is 4.91 Å². The van der Waals surface area contributed by atoms with E-state index in [1.165, 1.54) is 5.01 Å². The van der Waals surface area contributed by atoms with Crippen molar-refractivity contribution in [3.63, 3.8) is 0 Å². The van der Waals surface area contributed by atoms with Gasteiger partial charge in [-0.15, -0.1) is 4.91 Å². The van der Waals surface area contributed by atoms with Crippen LogP contribution in [0.25, 0.3) is 0 Å². The lowest BCUT2D eigenvalue weighted by atomic mass is 10.0. The minimum Gasteiger partial charge on any atom is -0.276 e. The third-order valence-corrected chi connectivity index (χ3v) is 3.33. The van der Waals surface area contributed by atoms with Crippen LogP contribution in [-0.4, -0.2) is 30.1 Å². The van der Waals surface area contributed by atoms with Gasteiger partial charge in [-0.1, -0.05) is 48.5 Å². The van der Waals surface area contributed by atoms with E-state index in [1.807, 2.05) is 54.6 Å². The normalized spacial score (nSPS) is 13.6. The number of hydrogen-bond donors (Lipinski definition) is 0. The van der Waals surface area contributed by atoms with E-state index < -0.39 is 0 Å². The number of fused-ring (bicyclic) bond motifs is 1. The number of benzene rings is 2. The molecule has 1 aliphatic heterocycles. The van der Waals surface area contributed by atoms with E-state index in [-0.39, 0.29) is 0 Å². The van der Waals surface area contributed by atoms with Crippen LogP contribution in [0.3, 0.4) is 0 Å². The second-order valence-electron chi connectivity index (χ2n) is 4.68. The summed E-state index contributed by atoms with van der Waals surface area (Å²) in [5, 5.41) is 4.12. The van der Waals surface area contributed by atoms with Gasteiger partial charge in [0.15, 0.2) is 0 Å². The smallest absolute Gasteiger partial charge is 0.150 e. The first-order valence-corrected chi connectivity index (χ1v) is 6.63. The van der Waals surface area contributed by atoms with E-state index in [1.54, 1.807) is 7.05 Å². The van der Waals surface area contributed by atoms with E-state index in [0.717, 1.165) is 22.5 Å². The number of nitroso groups, excluding NO2 is 1. The van der Waals surface area contributed by atoms with Crippen molar-refractivity contribution < 1.29 is 0 Å². The van der Waals surface area contributed by atoms with E-state index in [0.29, 0.717) is 12.4 Å². The Bertz CT molecular complexity index is 722.